The van der Waals surface area contributed by atoms with Crippen molar-refractivity contribution in [1.82, 2.24) is 10.3 Å². The Morgan fingerprint density at radius 2 is 2.07 bits per heavy atom. The highest BCUT2D eigenvalue weighted by molar-refractivity contribution is 9.10. The smallest absolute Gasteiger partial charge is 0.226 e. The van der Waals surface area contributed by atoms with E-state index in [1.807, 2.05) is 18.2 Å². The predicted molar refractivity (Wildman–Crippen MR) is 107 cm³/mol. The van der Waals surface area contributed by atoms with E-state index in [1.165, 1.54) is 18.2 Å². The van der Waals surface area contributed by atoms with Crippen LogP contribution in [-0.2, 0) is 11.2 Å². The van der Waals surface area contributed by atoms with E-state index in [1.54, 1.807) is 6.07 Å². The number of hydrogen-bond donors (Lipinski definition) is 2. The lowest BCUT2D eigenvalue weighted by Crippen LogP contribution is -2.19. The monoisotopic (exact) mass is 465 g/mol. The lowest BCUT2D eigenvalue weighted by atomic mass is 10.1. The van der Waals surface area contributed by atoms with Gasteiger partial charge in [-0.3, -0.25) is 4.79 Å². The Labute approximate surface area is 172 Å². The Hall–Kier alpha value is -2.78. The molecular formula is C18H14BrClFN5O2. The number of nitrogens with two attached hydrogens (primary N) is 1. The summed E-state index contributed by atoms with van der Waals surface area (Å²) in [6, 6.07) is 11.4. The van der Waals surface area contributed by atoms with Crippen LogP contribution in [0, 0.1) is 5.82 Å². The number of anilines is 1. The third-order valence-corrected chi connectivity index (χ3v) is 4.70. The van der Waals surface area contributed by atoms with Gasteiger partial charge in [0.05, 0.1) is 10.2 Å². The SMILES string of the molecule is NC(=Nc1ccc(F)c(Br)c1)c1nonc1NC(=O)CCc1ccccc1Cl. The highest BCUT2D eigenvalue weighted by Gasteiger charge is 2.17. The molecule has 0 bridgehead atoms. The van der Waals surface area contributed by atoms with Gasteiger partial charge in [-0.15, -0.1) is 0 Å². The number of carbonyl (C=O) groups excluding carboxylic acids is 1. The van der Waals surface area contributed by atoms with Crippen LogP contribution in [0.4, 0.5) is 15.9 Å². The molecule has 3 aromatic rings. The minimum Gasteiger partial charge on any atom is -0.382 e. The number of benzene rings is 2. The van der Waals surface area contributed by atoms with Gasteiger partial charge >= 0.3 is 0 Å². The molecule has 144 valence electrons. The van der Waals surface area contributed by atoms with Crippen molar-refractivity contribution in [2.45, 2.75) is 12.8 Å². The van der Waals surface area contributed by atoms with E-state index in [2.05, 4.69) is 41.2 Å². The molecule has 0 unspecified atom stereocenters. The fourth-order valence-electron chi connectivity index (χ4n) is 2.33. The number of nitrogens with one attached hydrogen (secondary N) is 1. The van der Waals surface area contributed by atoms with Gasteiger partial charge in [0.15, 0.2) is 11.5 Å². The van der Waals surface area contributed by atoms with E-state index in [9.17, 15) is 9.18 Å². The summed E-state index contributed by atoms with van der Waals surface area (Å²) in [6.45, 7) is 0. The van der Waals surface area contributed by atoms with Gasteiger partial charge in [0.2, 0.25) is 11.7 Å². The topological polar surface area (TPSA) is 106 Å². The number of hydrogen-bond acceptors (Lipinski definition) is 5. The minimum atomic E-state index is -0.424. The molecule has 3 rings (SSSR count). The molecule has 0 aliphatic carbocycles. The van der Waals surface area contributed by atoms with Gasteiger partial charge in [-0.05, 0) is 62.5 Å². The molecule has 0 saturated heterocycles. The first-order valence-corrected chi connectivity index (χ1v) is 9.26. The van der Waals surface area contributed by atoms with Crippen LogP contribution in [0.2, 0.25) is 5.02 Å². The molecule has 1 aromatic heterocycles. The highest BCUT2D eigenvalue weighted by atomic mass is 79.9. The van der Waals surface area contributed by atoms with E-state index < -0.39 is 5.82 Å². The molecular weight excluding hydrogens is 453 g/mol. The maximum atomic E-state index is 13.3. The summed E-state index contributed by atoms with van der Waals surface area (Å²) < 4.78 is 18.2. The maximum Gasteiger partial charge on any atom is 0.226 e. The standard InChI is InChI=1S/C18H14BrClFN5O2/c19-12-9-11(6-7-14(12)21)23-17(22)16-18(26-28-25-16)24-15(27)8-5-10-3-1-2-4-13(10)20/h1-4,6-7,9H,5,8H2,(H2,22,23)(H,24,26,27). The van der Waals surface area contributed by atoms with Gasteiger partial charge in [0.25, 0.3) is 0 Å². The second-order valence-corrected chi connectivity index (χ2v) is 6.96. The molecule has 1 amide bonds. The quantitative estimate of drug-likeness (QED) is 0.417. The zero-order chi connectivity index (χ0) is 20.1. The zero-order valence-electron chi connectivity index (χ0n) is 14.3. The molecule has 0 radical (unpaired) electrons. The lowest BCUT2D eigenvalue weighted by Gasteiger charge is -2.05. The van der Waals surface area contributed by atoms with Crippen molar-refractivity contribution in [1.29, 1.82) is 0 Å². The number of aliphatic imine (C=N–C) groups is 1. The largest absolute Gasteiger partial charge is 0.382 e. The van der Waals surface area contributed by atoms with Gasteiger partial charge in [-0.2, -0.15) is 0 Å². The van der Waals surface area contributed by atoms with Gasteiger partial charge in [-0.25, -0.2) is 14.0 Å². The number of rotatable bonds is 6. The summed E-state index contributed by atoms with van der Waals surface area (Å²) in [6.07, 6.45) is 0.636. The van der Waals surface area contributed by atoms with Crippen molar-refractivity contribution >= 4 is 50.8 Å². The summed E-state index contributed by atoms with van der Waals surface area (Å²) in [5.41, 5.74) is 7.26. The van der Waals surface area contributed by atoms with Crippen molar-refractivity contribution in [2.75, 3.05) is 5.32 Å². The number of amides is 1. The highest BCUT2D eigenvalue weighted by Crippen LogP contribution is 2.23. The van der Waals surface area contributed by atoms with E-state index >= 15 is 0 Å². The molecule has 0 atom stereocenters. The van der Waals surface area contributed by atoms with Crippen molar-refractivity contribution in [2.24, 2.45) is 10.7 Å². The van der Waals surface area contributed by atoms with Crippen LogP contribution in [0.25, 0.3) is 0 Å². The summed E-state index contributed by atoms with van der Waals surface area (Å²) in [5, 5.41) is 10.5. The number of aryl methyl sites for hydroxylation is 1. The predicted octanol–water partition coefficient (Wildman–Crippen LogP) is 4.23. The fraction of sp³-hybridized carbons (Fsp3) is 0.111. The second-order valence-electron chi connectivity index (χ2n) is 5.70. The average Bonchev–Trinajstić information content (AvgIpc) is 3.12. The molecule has 28 heavy (non-hydrogen) atoms. The first-order valence-electron chi connectivity index (χ1n) is 8.09. The molecule has 0 spiro atoms. The fourth-order valence-corrected chi connectivity index (χ4v) is 2.93. The van der Waals surface area contributed by atoms with Gasteiger partial charge in [0, 0.05) is 11.4 Å². The van der Waals surface area contributed by atoms with Crippen molar-refractivity contribution in [3.8, 4) is 0 Å². The van der Waals surface area contributed by atoms with Gasteiger partial charge in [-0.1, -0.05) is 29.8 Å². The molecule has 10 heteroatoms. The number of halogens is 3. The third-order valence-electron chi connectivity index (χ3n) is 3.72. The van der Waals surface area contributed by atoms with Crippen molar-refractivity contribution in [3.05, 3.63) is 69.0 Å². The molecule has 1 heterocycles. The van der Waals surface area contributed by atoms with E-state index in [-0.39, 0.29) is 34.1 Å². The van der Waals surface area contributed by atoms with Crippen LogP contribution in [0.15, 0.2) is 56.6 Å². The van der Waals surface area contributed by atoms with Crippen molar-refractivity contribution < 1.29 is 13.8 Å². The maximum absolute atomic E-state index is 13.3. The lowest BCUT2D eigenvalue weighted by molar-refractivity contribution is -0.116. The van der Waals surface area contributed by atoms with E-state index in [0.29, 0.717) is 17.1 Å². The van der Waals surface area contributed by atoms with Gasteiger partial charge < -0.3 is 11.1 Å². The van der Waals surface area contributed by atoms with Crippen LogP contribution in [0.5, 0.6) is 0 Å². The first kappa shape index (κ1) is 20.0. The number of aromatic nitrogens is 2. The van der Waals surface area contributed by atoms with Crippen LogP contribution in [0.1, 0.15) is 17.7 Å². The average molecular weight is 467 g/mol. The molecule has 0 aliphatic heterocycles. The summed E-state index contributed by atoms with van der Waals surface area (Å²) in [4.78, 5) is 16.4. The zero-order valence-corrected chi connectivity index (χ0v) is 16.7. The summed E-state index contributed by atoms with van der Waals surface area (Å²) in [7, 11) is 0. The van der Waals surface area contributed by atoms with Crippen LogP contribution in [-0.4, -0.2) is 22.1 Å². The third kappa shape index (κ3) is 4.93. The molecule has 0 fully saturated rings. The summed E-state index contributed by atoms with van der Waals surface area (Å²) >= 11 is 9.16. The Kier molecular flexibility index (Phi) is 6.37. The molecule has 0 saturated carbocycles. The normalized spacial score (nSPS) is 11.5. The first-order chi connectivity index (χ1) is 13.4. The minimum absolute atomic E-state index is 0.0406. The molecule has 7 nitrogen and oxygen atoms in total. The molecule has 2 aromatic carbocycles. The Morgan fingerprint density at radius 1 is 1.29 bits per heavy atom. The number of carbonyl (C=O) groups is 1. The summed E-state index contributed by atoms with van der Waals surface area (Å²) in [5.74, 6) is -0.728. The van der Waals surface area contributed by atoms with Crippen LogP contribution >= 0.6 is 27.5 Å². The van der Waals surface area contributed by atoms with E-state index in [0.717, 1.165) is 5.56 Å². The molecule has 3 N–H and O–H groups in total. The van der Waals surface area contributed by atoms with Crippen LogP contribution < -0.4 is 11.1 Å². The number of amidine groups is 1. The second kappa shape index (κ2) is 8.94. The Morgan fingerprint density at radius 3 is 2.82 bits per heavy atom. The number of nitrogens with zero attached hydrogens (tertiary/aromatic N) is 3. The Balaban J connectivity index is 1.69. The van der Waals surface area contributed by atoms with E-state index in [4.69, 9.17) is 17.3 Å². The van der Waals surface area contributed by atoms with Gasteiger partial charge in [0.1, 0.15) is 5.82 Å². The molecule has 0 aliphatic rings. The van der Waals surface area contributed by atoms with Crippen LogP contribution in [0.3, 0.4) is 0 Å². The van der Waals surface area contributed by atoms with Crippen molar-refractivity contribution in [3.63, 3.8) is 0 Å². The Bertz CT molecular complexity index is 1040.